The van der Waals surface area contributed by atoms with Crippen LogP contribution in [0.5, 0.6) is 0 Å². The molecule has 0 unspecified atom stereocenters. The summed E-state index contributed by atoms with van der Waals surface area (Å²) >= 11 is 0. The number of hydrogen-bond acceptors (Lipinski definition) is 5. The van der Waals surface area contributed by atoms with Crippen LogP contribution >= 0.6 is 0 Å². The molecule has 3 heterocycles. The Balaban J connectivity index is 1.75. The SMILES string of the molecule is Cc1ccc([C@H]2C(C(=O)c3ccco3)=C(O)C(=O)N2C[C@H]2CCCO2)cc1. The Hall–Kier alpha value is -2.86. The van der Waals surface area contributed by atoms with Crippen LogP contribution in [0.1, 0.15) is 40.6 Å². The third-order valence-electron chi connectivity index (χ3n) is 5.11. The van der Waals surface area contributed by atoms with E-state index < -0.39 is 23.5 Å². The summed E-state index contributed by atoms with van der Waals surface area (Å²) in [5, 5.41) is 10.5. The van der Waals surface area contributed by atoms with Gasteiger partial charge in [-0.25, -0.2) is 0 Å². The molecule has 0 bridgehead atoms. The molecule has 1 N–H and O–H groups in total. The normalized spacial score (nSPS) is 22.7. The predicted octanol–water partition coefficient (Wildman–Crippen LogP) is 3.35. The molecule has 2 aliphatic rings. The number of rotatable bonds is 5. The van der Waals surface area contributed by atoms with Crippen LogP contribution in [0.3, 0.4) is 0 Å². The number of benzene rings is 1. The lowest BCUT2D eigenvalue weighted by Crippen LogP contribution is -2.37. The zero-order valence-electron chi connectivity index (χ0n) is 15.1. The van der Waals surface area contributed by atoms with Crippen LogP contribution in [0.4, 0.5) is 0 Å². The summed E-state index contributed by atoms with van der Waals surface area (Å²) in [7, 11) is 0. The molecule has 0 aliphatic carbocycles. The van der Waals surface area contributed by atoms with Crippen LogP contribution < -0.4 is 0 Å². The van der Waals surface area contributed by atoms with Crippen molar-refractivity contribution >= 4 is 11.7 Å². The number of hydrogen-bond donors (Lipinski definition) is 1. The van der Waals surface area contributed by atoms with Gasteiger partial charge >= 0.3 is 0 Å². The summed E-state index contributed by atoms with van der Waals surface area (Å²) in [6, 6.07) is 10.1. The number of furan rings is 1. The smallest absolute Gasteiger partial charge is 0.290 e. The minimum absolute atomic E-state index is 0.0526. The van der Waals surface area contributed by atoms with E-state index in [1.165, 1.54) is 17.2 Å². The van der Waals surface area contributed by atoms with Crippen LogP contribution in [-0.2, 0) is 9.53 Å². The van der Waals surface area contributed by atoms with E-state index in [-0.39, 0.29) is 17.4 Å². The predicted molar refractivity (Wildman–Crippen MR) is 97.3 cm³/mol. The summed E-state index contributed by atoms with van der Waals surface area (Å²) in [4.78, 5) is 27.3. The zero-order chi connectivity index (χ0) is 19.0. The number of aryl methyl sites for hydroxylation is 1. The second-order valence-electron chi connectivity index (χ2n) is 6.97. The monoisotopic (exact) mass is 367 g/mol. The Morgan fingerprint density at radius 1 is 1.26 bits per heavy atom. The maximum Gasteiger partial charge on any atom is 0.290 e. The molecule has 140 valence electrons. The third kappa shape index (κ3) is 3.17. The van der Waals surface area contributed by atoms with Gasteiger partial charge in [0.1, 0.15) is 0 Å². The van der Waals surface area contributed by atoms with Gasteiger partial charge in [-0.05, 0) is 37.5 Å². The first-order valence-electron chi connectivity index (χ1n) is 9.06. The van der Waals surface area contributed by atoms with Gasteiger partial charge in [-0.1, -0.05) is 29.8 Å². The summed E-state index contributed by atoms with van der Waals surface area (Å²) in [6.45, 7) is 2.96. The highest BCUT2D eigenvalue weighted by Gasteiger charge is 2.45. The second-order valence-corrected chi connectivity index (χ2v) is 6.97. The maximum absolute atomic E-state index is 13.0. The third-order valence-corrected chi connectivity index (χ3v) is 5.11. The minimum Gasteiger partial charge on any atom is -0.503 e. The van der Waals surface area contributed by atoms with Gasteiger partial charge in [0.15, 0.2) is 11.5 Å². The van der Waals surface area contributed by atoms with E-state index in [0.717, 1.165) is 24.0 Å². The van der Waals surface area contributed by atoms with Gasteiger partial charge in [0.25, 0.3) is 5.91 Å². The van der Waals surface area contributed by atoms with E-state index in [9.17, 15) is 14.7 Å². The van der Waals surface area contributed by atoms with Crippen molar-refractivity contribution in [2.45, 2.75) is 31.9 Å². The fourth-order valence-electron chi connectivity index (χ4n) is 3.72. The molecule has 1 aromatic carbocycles. The number of ketones is 1. The first-order chi connectivity index (χ1) is 13.1. The van der Waals surface area contributed by atoms with Crippen molar-refractivity contribution in [3.63, 3.8) is 0 Å². The van der Waals surface area contributed by atoms with Crippen LogP contribution in [0.2, 0.25) is 0 Å². The van der Waals surface area contributed by atoms with E-state index in [4.69, 9.17) is 9.15 Å². The molecular weight excluding hydrogens is 346 g/mol. The topological polar surface area (TPSA) is 80.0 Å². The first kappa shape index (κ1) is 17.5. The van der Waals surface area contributed by atoms with Crippen molar-refractivity contribution in [2.24, 2.45) is 0 Å². The highest BCUT2D eigenvalue weighted by molar-refractivity contribution is 6.15. The van der Waals surface area contributed by atoms with Crippen molar-refractivity contribution in [1.29, 1.82) is 0 Å². The Bertz CT molecular complexity index is 876. The standard InChI is InChI=1S/C21H21NO5/c1-13-6-8-14(9-7-13)18-17(19(23)16-5-3-11-27-16)20(24)21(25)22(18)12-15-4-2-10-26-15/h3,5-9,11,15,18,24H,2,4,10,12H2,1H3/t15-,18+/m1/s1. The van der Waals surface area contributed by atoms with Gasteiger partial charge < -0.3 is 19.2 Å². The molecule has 2 aromatic rings. The quantitative estimate of drug-likeness (QED) is 0.820. The Labute approximate surface area is 157 Å². The number of nitrogens with zero attached hydrogens (tertiary/aromatic N) is 1. The molecule has 27 heavy (non-hydrogen) atoms. The van der Waals surface area contributed by atoms with Crippen molar-refractivity contribution in [3.8, 4) is 0 Å². The number of aliphatic hydroxyl groups is 1. The molecule has 1 aromatic heterocycles. The van der Waals surface area contributed by atoms with E-state index in [2.05, 4.69) is 0 Å². The molecular formula is C21H21NO5. The van der Waals surface area contributed by atoms with Gasteiger partial charge in [0.2, 0.25) is 5.78 Å². The first-order valence-corrected chi connectivity index (χ1v) is 9.06. The van der Waals surface area contributed by atoms with Crippen LogP contribution in [0, 0.1) is 6.92 Å². The summed E-state index contributed by atoms with van der Waals surface area (Å²) in [6.07, 6.45) is 3.10. The average molecular weight is 367 g/mol. The van der Waals surface area contributed by atoms with Gasteiger partial charge in [-0.2, -0.15) is 0 Å². The molecule has 0 spiro atoms. The lowest BCUT2D eigenvalue weighted by atomic mass is 9.94. The summed E-state index contributed by atoms with van der Waals surface area (Å²) in [5.41, 5.74) is 1.89. The van der Waals surface area contributed by atoms with Crippen molar-refractivity contribution in [3.05, 3.63) is 70.9 Å². The van der Waals surface area contributed by atoms with E-state index >= 15 is 0 Å². The molecule has 0 radical (unpaired) electrons. The number of carbonyl (C=O) groups excluding carboxylic acids is 2. The van der Waals surface area contributed by atoms with Gasteiger partial charge in [0.05, 0.1) is 24.0 Å². The van der Waals surface area contributed by atoms with Crippen molar-refractivity contribution in [2.75, 3.05) is 13.2 Å². The van der Waals surface area contributed by atoms with Crippen LogP contribution in [0.15, 0.2) is 58.4 Å². The van der Waals surface area contributed by atoms with Crippen molar-refractivity contribution in [1.82, 2.24) is 4.90 Å². The van der Waals surface area contributed by atoms with E-state index in [0.29, 0.717) is 13.2 Å². The summed E-state index contributed by atoms with van der Waals surface area (Å²) < 4.78 is 10.9. The summed E-state index contributed by atoms with van der Waals surface area (Å²) in [5.74, 6) is -1.45. The fourth-order valence-corrected chi connectivity index (χ4v) is 3.72. The highest BCUT2D eigenvalue weighted by Crippen LogP contribution is 2.39. The molecule has 2 atom stereocenters. The van der Waals surface area contributed by atoms with Gasteiger partial charge in [0, 0.05) is 13.2 Å². The number of amides is 1. The molecule has 1 amide bonds. The van der Waals surface area contributed by atoms with Gasteiger partial charge in [-0.15, -0.1) is 0 Å². The fraction of sp³-hybridized carbons (Fsp3) is 0.333. The number of Topliss-reactive ketones (excluding diaryl/α,β-unsaturated/α-hetero) is 1. The van der Waals surface area contributed by atoms with Crippen LogP contribution in [0.25, 0.3) is 0 Å². The molecule has 0 saturated carbocycles. The molecule has 6 heteroatoms. The zero-order valence-corrected chi connectivity index (χ0v) is 15.1. The maximum atomic E-state index is 13.0. The number of carbonyl (C=O) groups is 2. The Morgan fingerprint density at radius 2 is 2.04 bits per heavy atom. The lowest BCUT2D eigenvalue weighted by molar-refractivity contribution is -0.131. The Morgan fingerprint density at radius 3 is 2.67 bits per heavy atom. The average Bonchev–Trinajstić information content (AvgIpc) is 3.41. The largest absolute Gasteiger partial charge is 0.503 e. The van der Waals surface area contributed by atoms with Crippen molar-refractivity contribution < 1.29 is 23.8 Å². The molecule has 6 nitrogen and oxygen atoms in total. The number of aliphatic hydroxyl groups excluding tert-OH is 1. The molecule has 2 aliphatic heterocycles. The highest BCUT2D eigenvalue weighted by atomic mass is 16.5. The van der Waals surface area contributed by atoms with Gasteiger partial charge in [-0.3, -0.25) is 9.59 Å². The molecule has 1 fully saturated rings. The minimum atomic E-state index is -0.667. The molecule has 1 saturated heterocycles. The van der Waals surface area contributed by atoms with E-state index in [1.807, 2.05) is 31.2 Å². The number of ether oxygens (including phenoxy) is 1. The van der Waals surface area contributed by atoms with Crippen LogP contribution in [-0.4, -0.2) is 41.0 Å². The Kier molecular flexibility index (Phi) is 4.58. The second kappa shape index (κ2) is 7.04. The van der Waals surface area contributed by atoms with E-state index in [1.54, 1.807) is 6.07 Å². The lowest BCUT2D eigenvalue weighted by Gasteiger charge is -2.28. The molecule has 4 rings (SSSR count).